The number of likely N-dealkylation sites (N-methyl/N-ethyl adjacent to an activating group) is 1. The van der Waals surface area contributed by atoms with Gasteiger partial charge in [0.05, 0.1) is 7.05 Å². The first-order chi connectivity index (χ1) is 9.52. The molecule has 2 amide bonds. The fraction of sp³-hybridized carbons (Fsp3) is 0.429. The summed E-state index contributed by atoms with van der Waals surface area (Å²) in [6.45, 7) is 0.590. The van der Waals surface area contributed by atoms with Gasteiger partial charge in [0.15, 0.2) is 13.1 Å². The monoisotopic (exact) mass is 340 g/mol. The number of benzene rings is 1. The molecule has 0 heterocycles. The molecular weight excluding hydrogens is 322 g/mol. The molecule has 1 fully saturated rings. The molecule has 0 spiro atoms. The molecule has 0 saturated heterocycles. The predicted molar refractivity (Wildman–Crippen MR) is 80.6 cm³/mol. The number of hydrogen-bond donors (Lipinski definition) is 3. The normalized spacial score (nSPS) is 15.5. The van der Waals surface area contributed by atoms with Gasteiger partial charge in [0, 0.05) is 16.2 Å². The van der Waals surface area contributed by atoms with Gasteiger partial charge in [-0.2, -0.15) is 0 Å². The summed E-state index contributed by atoms with van der Waals surface area (Å²) < 4.78 is 0.916. The highest BCUT2D eigenvalue weighted by Crippen LogP contribution is 2.18. The zero-order valence-corrected chi connectivity index (χ0v) is 13.0. The summed E-state index contributed by atoms with van der Waals surface area (Å²) in [5.74, 6) is -0.0833. The quantitative estimate of drug-likeness (QED) is 0.691. The number of nitrogens with one attached hydrogen (secondary N) is 3. The first kappa shape index (κ1) is 15.0. The highest BCUT2D eigenvalue weighted by Gasteiger charge is 2.24. The van der Waals surface area contributed by atoms with Gasteiger partial charge in [0.1, 0.15) is 0 Å². The number of quaternary nitrogens is 1. The van der Waals surface area contributed by atoms with Crippen LogP contribution in [0.1, 0.15) is 12.8 Å². The summed E-state index contributed by atoms with van der Waals surface area (Å²) >= 11 is 3.35. The topological polar surface area (TPSA) is 62.6 Å². The second kappa shape index (κ2) is 6.85. The summed E-state index contributed by atoms with van der Waals surface area (Å²) in [4.78, 5) is 24.4. The van der Waals surface area contributed by atoms with Gasteiger partial charge in [-0.05, 0) is 31.0 Å². The molecule has 3 N–H and O–H groups in total. The molecule has 1 saturated carbocycles. The third-order valence-electron chi connectivity index (χ3n) is 2.98. The molecule has 1 aliphatic rings. The Morgan fingerprint density at radius 1 is 1.30 bits per heavy atom. The van der Waals surface area contributed by atoms with Gasteiger partial charge in [-0.3, -0.25) is 9.59 Å². The van der Waals surface area contributed by atoms with Crippen molar-refractivity contribution in [2.45, 2.75) is 18.9 Å². The van der Waals surface area contributed by atoms with E-state index in [1.165, 1.54) is 0 Å². The second-order valence-corrected chi connectivity index (χ2v) is 6.13. The maximum Gasteiger partial charge on any atom is 0.279 e. The molecule has 5 nitrogen and oxygen atoms in total. The Balaban J connectivity index is 1.74. The smallest absolute Gasteiger partial charge is 0.279 e. The van der Waals surface area contributed by atoms with Gasteiger partial charge in [0.25, 0.3) is 11.8 Å². The van der Waals surface area contributed by atoms with E-state index in [0.717, 1.165) is 27.9 Å². The van der Waals surface area contributed by atoms with Crippen molar-refractivity contribution in [1.29, 1.82) is 0 Å². The number of hydrogen-bond acceptors (Lipinski definition) is 2. The number of carbonyl (C=O) groups is 2. The summed E-state index contributed by atoms with van der Waals surface area (Å²) in [7, 11) is 1.84. The Labute approximate surface area is 126 Å². The summed E-state index contributed by atoms with van der Waals surface area (Å²) in [6.07, 6.45) is 2.16. The van der Waals surface area contributed by atoms with Crippen LogP contribution in [0.25, 0.3) is 0 Å². The van der Waals surface area contributed by atoms with Crippen molar-refractivity contribution in [3.8, 4) is 0 Å². The Hall–Kier alpha value is -1.40. The van der Waals surface area contributed by atoms with Crippen LogP contribution in [0, 0.1) is 0 Å². The molecule has 1 aromatic carbocycles. The van der Waals surface area contributed by atoms with Crippen LogP contribution in [0.2, 0.25) is 0 Å². The Morgan fingerprint density at radius 2 is 2.00 bits per heavy atom. The molecule has 0 bridgehead atoms. The lowest BCUT2D eigenvalue weighted by atomic mass is 10.3. The van der Waals surface area contributed by atoms with Crippen LogP contribution in [-0.4, -0.2) is 38.0 Å². The SMILES string of the molecule is C[NH+](CC(=O)Nc1cccc(Br)c1)CC(=O)NC1CC1. The third-order valence-corrected chi connectivity index (χ3v) is 3.47. The van der Waals surface area contributed by atoms with E-state index in [1.54, 1.807) is 0 Å². The first-order valence-electron chi connectivity index (χ1n) is 6.69. The van der Waals surface area contributed by atoms with E-state index in [9.17, 15) is 9.59 Å². The molecule has 0 aliphatic heterocycles. The number of halogens is 1. The van der Waals surface area contributed by atoms with Crippen molar-refractivity contribution >= 4 is 33.4 Å². The van der Waals surface area contributed by atoms with E-state index in [4.69, 9.17) is 0 Å². The minimum atomic E-state index is -0.0974. The zero-order valence-electron chi connectivity index (χ0n) is 11.4. The Kier molecular flexibility index (Phi) is 5.14. The van der Waals surface area contributed by atoms with Gasteiger partial charge in [-0.1, -0.05) is 22.0 Å². The van der Waals surface area contributed by atoms with E-state index >= 15 is 0 Å². The van der Waals surface area contributed by atoms with Crippen LogP contribution in [0.15, 0.2) is 28.7 Å². The fourth-order valence-corrected chi connectivity index (χ4v) is 2.29. The summed E-state index contributed by atoms with van der Waals surface area (Å²) in [5, 5.41) is 5.74. The fourth-order valence-electron chi connectivity index (χ4n) is 1.89. The van der Waals surface area contributed by atoms with Crippen LogP contribution in [-0.2, 0) is 9.59 Å². The van der Waals surface area contributed by atoms with Crippen LogP contribution in [0.5, 0.6) is 0 Å². The maximum atomic E-state index is 11.9. The van der Waals surface area contributed by atoms with Crippen molar-refractivity contribution in [3.63, 3.8) is 0 Å². The van der Waals surface area contributed by atoms with Crippen LogP contribution < -0.4 is 15.5 Å². The second-order valence-electron chi connectivity index (χ2n) is 5.21. The molecule has 1 unspecified atom stereocenters. The molecule has 6 heteroatoms. The molecule has 1 aromatic rings. The lowest BCUT2D eigenvalue weighted by molar-refractivity contribution is -0.862. The van der Waals surface area contributed by atoms with Crippen molar-refractivity contribution in [2.75, 3.05) is 25.5 Å². The number of anilines is 1. The molecular formula is C14H19BrN3O2+. The lowest BCUT2D eigenvalue weighted by Crippen LogP contribution is -3.11. The van der Waals surface area contributed by atoms with Gasteiger partial charge in [0.2, 0.25) is 0 Å². The summed E-state index contributed by atoms with van der Waals surface area (Å²) in [6, 6.07) is 7.80. The highest BCUT2D eigenvalue weighted by molar-refractivity contribution is 9.10. The molecule has 1 atom stereocenters. The van der Waals surface area contributed by atoms with E-state index in [0.29, 0.717) is 12.6 Å². The Bertz CT molecular complexity index is 503. The van der Waals surface area contributed by atoms with Crippen LogP contribution in [0.3, 0.4) is 0 Å². The minimum Gasteiger partial charge on any atom is -0.348 e. The first-order valence-corrected chi connectivity index (χ1v) is 7.48. The predicted octanol–water partition coefficient (Wildman–Crippen LogP) is 0.181. The average Bonchev–Trinajstić information content (AvgIpc) is 3.11. The van der Waals surface area contributed by atoms with E-state index in [2.05, 4.69) is 26.6 Å². The van der Waals surface area contributed by atoms with Crippen molar-refractivity contribution in [2.24, 2.45) is 0 Å². The third kappa shape index (κ3) is 5.30. The molecule has 0 aromatic heterocycles. The van der Waals surface area contributed by atoms with Crippen LogP contribution >= 0.6 is 15.9 Å². The highest BCUT2D eigenvalue weighted by atomic mass is 79.9. The van der Waals surface area contributed by atoms with Crippen molar-refractivity contribution in [1.82, 2.24) is 5.32 Å². The van der Waals surface area contributed by atoms with Crippen LogP contribution in [0.4, 0.5) is 5.69 Å². The van der Waals surface area contributed by atoms with E-state index < -0.39 is 0 Å². The number of carbonyl (C=O) groups excluding carboxylic acids is 2. The Morgan fingerprint density at radius 3 is 2.65 bits per heavy atom. The van der Waals surface area contributed by atoms with Gasteiger partial charge >= 0.3 is 0 Å². The average molecular weight is 341 g/mol. The number of rotatable bonds is 6. The van der Waals surface area contributed by atoms with Crippen molar-refractivity contribution < 1.29 is 14.5 Å². The zero-order chi connectivity index (χ0) is 14.5. The number of amides is 2. The maximum absolute atomic E-state index is 11.9. The molecule has 0 radical (unpaired) electrons. The molecule has 2 rings (SSSR count). The van der Waals surface area contributed by atoms with E-state index in [1.807, 2.05) is 31.3 Å². The summed E-state index contributed by atoms with van der Waals surface area (Å²) in [5.41, 5.74) is 0.750. The lowest BCUT2D eigenvalue weighted by Gasteiger charge is -2.13. The molecule has 20 heavy (non-hydrogen) atoms. The molecule has 1 aliphatic carbocycles. The van der Waals surface area contributed by atoms with E-state index in [-0.39, 0.29) is 18.4 Å². The minimum absolute atomic E-state index is 0.0141. The largest absolute Gasteiger partial charge is 0.348 e. The van der Waals surface area contributed by atoms with Crippen molar-refractivity contribution in [3.05, 3.63) is 28.7 Å². The molecule has 108 valence electrons. The van der Waals surface area contributed by atoms with Gasteiger partial charge < -0.3 is 15.5 Å². The standard InChI is InChI=1S/C14H18BrN3O2/c1-18(8-13(19)16-11-5-6-11)9-14(20)17-12-4-2-3-10(15)7-12/h2-4,7,11H,5-6,8-9H2,1H3,(H,16,19)(H,17,20)/p+1. The van der Waals surface area contributed by atoms with Gasteiger partial charge in [-0.25, -0.2) is 0 Å². The van der Waals surface area contributed by atoms with Gasteiger partial charge in [-0.15, -0.1) is 0 Å².